The van der Waals surface area contributed by atoms with Gasteiger partial charge < -0.3 is 9.64 Å². The van der Waals surface area contributed by atoms with E-state index in [1.54, 1.807) is 7.11 Å². The molecule has 3 nitrogen and oxygen atoms in total. The maximum atomic E-state index is 5.23. The molecule has 1 aromatic rings. The molecule has 19 heavy (non-hydrogen) atoms. The van der Waals surface area contributed by atoms with Gasteiger partial charge in [-0.2, -0.15) is 0 Å². The Labute approximate surface area is 117 Å². The van der Waals surface area contributed by atoms with Crippen LogP contribution >= 0.6 is 0 Å². The molecule has 0 spiro atoms. The molecule has 1 aromatic carbocycles. The molecule has 0 amide bonds. The molecule has 0 N–H and O–H groups in total. The Morgan fingerprint density at radius 2 is 1.74 bits per heavy atom. The summed E-state index contributed by atoms with van der Waals surface area (Å²) in [5.41, 5.74) is 1.45. The van der Waals surface area contributed by atoms with Crippen LogP contribution in [0.1, 0.15) is 27.7 Å². The van der Waals surface area contributed by atoms with Crippen LogP contribution in [0.25, 0.3) is 0 Å². The van der Waals surface area contributed by atoms with E-state index in [4.69, 9.17) is 4.74 Å². The summed E-state index contributed by atoms with van der Waals surface area (Å²) < 4.78 is 5.23. The average Bonchev–Trinajstić information content (AvgIpc) is 2.37. The van der Waals surface area contributed by atoms with Gasteiger partial charge in [0.05, 0.1) is 7.11 Å². The number of hydrogen-bond acceptors (Lipinski definition) is 3. The molecular weight excluding hydrogens is 236 g/mol. The predicted molar refractivity (Wildman–Crippen MR) is 81.1 cm³/mol. The minimum absolute atomic E-state index is 0.164. The number of rotatable bonds is 3. The Balaban J connectivity index is 2.16. The fourth-order valence-corrected chi connectivity index (χ4v) is 2.87. The average molecular weight is 262 g/mol. The highest BCUT2D eigenvalue weighted by molar-refractivity contribution is 5.51. The maximum Gasteiger partial charge on any atom is 0.119 e. The summed E-state index contributed by atoms with van der Waals surface area (Å²) in [5, 5.41) is 0. The van der Waals surface area contributed by atoms with Crippen LogP contribution in [0, 0.1) is 0 Å². The minimum atomic E-state index is 0.164. The fourth-order valence-electron chi connectivity index (χ4n) is 2.87. The van der Waals surface area contributed by atoms with E-state index in [1.165, 1.54) is 5.69 Å². The van der Waals surface area contributed by atoms with E-state index in [0.29, 0.717) is 6.04 Å². The first-order valence-corrected chi connectivity index (χ1v) is 7.10. The second-order valence-corrected chi connectivity index (χ2v) is 6.23. The molecule has 0 atom stereocenters. The third-order valence-electron chi connectivity index (χ3n) is 4.05. The Bertz CT molecular complexity index is 411. The molecule has 1 saturated heterocycles. The van der Waals surface area contributed by atoms with Gasteiger partial charge in [-0.1, -0.05) is 0 Å². The van der Waals surface area contributed by atoms with Crippen molar-refractivity contribution in [3.8, 4) is 5.75 Å². The monoisotopic (exact) mass is 262 g/mol. The topological polar surface area (TPSA) is 15.7 Å². The Hall–Kier alpha value is -1.22. The van der Waals surface area contributed by atoms with Gasteiger partial charge in [0.1, 0.15) is 5.75 Å². The van der Waals surface area contributed by atoms with Crippen LogP contribution < -0.4 is 9.64 Å². The van der Waals surface area contributed by atoms with Crippen LogP contribution in [0.3, 0.4) is 0 Å². The Morgan fingerprint density at radius 3 is 2.21 bits per heavy atom. The maximum absolute atomic E-state index is 5.23. The number of nitrogens with zero attached hydrogens (tertiary/aromatic N) is 2. The number of piperazine rings is 1. The van der Waals surface area contributed by atoms with Gasteiger partial charge >= 0.3 is 0 Å². The van der Waals surface area contributed by atoms with Crippen LogP contribution in [0.5, 0.6) is 5.75 Å². The lowest BCUT2D eigenvalue weighted by Crippen LogP contribution is -2.60. The summed E-state index contributed by atoms with van der Waals surface area (Å²) in [6.45, 7) is 12.5. The lowest BCUT2D eigenvalue weighted by Gasteiger charge is -2.49. The molecule has 106 valence electrons. The van der Waals surface area contributed by atoms with Crippen molar-refractivity contribution in [1.29, 1.82) is 0 Å². The number of ether oxygens (including phenoxy) is 1. The zero-order chi connectivity index (χ0) is 14.0. The largest absolute Gasteiger partial charge is 0.497 e. The van der Waals surface area contributed by atoms with Gasteiger partial charge in [0.25, 0.3) is 0 Å². The lowest BCUT2D eigenvalue weighted by atomic mass is 9.96. The van der Waals surface area contributed by atoms with Crippen molar-refractivity contribution in [1.82, 2.24) is 4.90 Å². The molecule has 0 saturated carbocycles. The second-order valence-electron chi connectivity index (χ2n) is 6.23. The number of hydrogen-bond donors (Lipinski definition) is 0. The van der Waals surface area contributed by atoms with Crippen molar-refractivity contribution in [3.63, 3.8) is 0 Å². The van der Waals surface area contributed by atoms with E-state index in [9.17, 15) is 0 Å². The van der Waals surface area contributed by atoms with Gasteiger partial charge in [0, 0.05) is 36.9 Å². The van der Waals surface area contributed by atoms with Gasteiger partial charge in [-0.3, -0.25) is 4.90 Å². The SMILES string of the molecule is COc1ccc(N2CCN(C(C)C)CC2(C)C)cc1. The highest BCUT2D eigenvalue weighted by Gasteiger charge is 2.34. The van der Waals surface area contributed by atoms with Gasteiger partial charge in [-0.15, -0.1) is 0 Å². The molecule has 0 bridgehead atoms. The quantitative estimate of drug-likeness (QED) is 0.833. The van der Waals surface area contributed by atoms with E-state index >= 15 is 0 Å². The Morgan fingerprint density at radius 1 is 1.11 bits per heavy atom. The molecule has 0 unspecified atom stereocenters. The molecular formula is C16H26N2O. The number of methoxy groups -OCH3 is 1. The predicted octanol–water partition coefficient (Wildman–Crippen LogP) is 3.00. The van der Waals surface area contributed by atoms with Crippen molar-refractivity contribution < 1.29 is 4.74 Å². The highest BCUT2D eigenvalue weighted by atomic mass is 16.5. The van der Waals surface area contributed by atoms with E-state index in [1.807, 2.05) is 12.1 Å². The molecule has 3 heteroatoms. The first-order valence-electron chi connectivity index (χ1n) is 7.10. The summed E-state index contributed by atoms with van der Waals surface area (Å²) in [6.07, 6.45) is 0. The zero-order valence-corrected chi connectivity index (χ0v) is 12.8. The van der Waals surface area contributed by atoms with Crippen molar-refractivity contribution in [2.45, 2.75) is 39.3 Å². The number of anilines is 1. The van der Waals surface area contributed by atoms with Gasteiger partial charge in [0.2, 0.25) is 0 Å². The van der Waals surface area contributed by atoms with E-state index in [-0.39, 0.29) is 5.54 Å². The van der Waals surface area contributed by atoms with Crippen LogP contribution in [0.15, 0.2) is 24.3 Å². The molecule has 0 radical (unpaired) electrons. The minimum Gasteiger partial charge on any atom is -0.497 e. The summed E-state index contributed by atoms with van der Waals surface area (Å²) >= 11 is 0. The lowest BCUT2D eigenvalue weighted by molar-refractivity contribution is 0.148. The Kier molecular flexibility index (Phi) is 4.04. The molecule has 1 aliphatic rings. The van der Waals surface area contributed by atoms with Gasteiger partial charge in [-0.25, -0.2) is 0 Å². The second kappa shape index (κ2) is 5.41. The van der Waals surface area contributed by atoms with Crippen LogP contribution in [-0.2, 0) is 0 Å². The summed E-state index contributed by atoms with van der Waals surface area (Å²) in [6, 6.07) is 9.02. The first kappa shape index (κ1) is 14.2. The van der Waals surface area contributed by atoms with E-state index in [2.05, 4.69) is 49.6 Å². The molecule has 1 fully saturated rings. The zero-order valence-electron chi connectivity index (χ0n) is 12.8. The molecule has 1 aliphatic heterocycles. The van der Waals surface area contributed by atoms with Gasteiger partial charge in [-0.05, 0) is 52.0 Å². The summed E-state index contributed by atoms with van der Waals surface area (Å²) in [4.78, 5) is 5.06. The van der Waals surface area contributed by atoms with Crippen molar-refractivity contribution in [3.05, 3.63) is 24.3 Å². The standard InChI is InChI=1S/C16H26N2O/c1-13(2)17-10-11-18(16(3,4)12-17)14-6-8-15(19-5)9-7-14/h6-9,13H,10-12H2,1-5H3. The third-order valence-corrected chi connectivity index (χ3v) is 4.05. The van der Waals surface area contributed by atoms with Crippen molar-refractivity contribution >= 4 is 5.69 Å². The van der Waals surface area contributed by atoms with E-state index < -0.39 is 0 Å². The molecule has 0 aliphatic carbocycles. The van der Waals surface area contributed by atoms with E-state index in [0.717, 1.165) is 25.4 Å². The molecule has 0 aromatic heterocycles. The third kappa shape index (κ3) is 3.03. The van der Waals surface area contributed by atoms with Crippen molar-refractivity contribution in [2.75, 3.05) is 31.6 Å². The van der Waals surface area contributed by atoms with Gasteiger partial charge in [0.15, 0.2) is 0 Å². The molecule has 2 rings (SSSR count). The fraction of sp³-hybridized carbons (Fsp3) is 0.625. The highest BCUT2D eigenvalue weighted by Crippen LogP contribution is 2.29. The molecule has 1 heterocycles. The smallest absolute Gasteiger partial charge is 0.119 e. The van der Waals surface area contributed by atoms with Crippen molar-refractivity contribution in [2.24, 2.45) is 0 Å². The van der Waals surface area contributed by atoms with Crippen LogP contribution in [-0.4, -0.2) is 43.2 Å². The summed E-state index contributed by atoms with van der Waals surface area (Å²) in [5.74, 6) is 0.919. The van der Waals surface area contributed by atoms with Crippen LogP contribution in [0.2, 0.25) is 0 Å². The first-order chi connectivity index (χ1) is 8.94. The summed E-state index contributed by atoms with van der Waals surface area (Å²) in [7, 11) is 1.71. The number of benzene rings is 1. The van der Waals surface area contributed by atoms with Crippen LogP contribution in [0.4, 0.5) is 5.69 Å². The normalized spacial score (nSPS) is 19.8.